The summed E-state index contributed by atoms with van der Waals surface area (Å²) in [7, 11) is -1.31. The highest BCUT2D eigenvalue weighted by molar-refractivity contribution is 7.91. The zero-order chi connectivity index (χ0) is 18.6. The lowest BCUT2D eigenvalue weighted by molar-refractivity contribution is -0.129. The van der Waals surface area contributed by atoms with Crippen molar-refractivity contribution in [1.29, 1.82) is 0 Å². The van der Waals surface area contributed by atoms with Gasteiger partial charge in [0.25, 0.3) is 0 Å². The van der Waals surface area contributed by atoms with Crippen LogP contribution in [0.25, 0.3) is 0 Å². The van der Waals surface area contributed by atoms with Gasteiger partial charge >= 0.3 is 0 Å². The number of hydrogen-bond acceptors (Lipinski definition) is 4. The molecule has 1 N–H and O–H groups in total. The van der Waals surface area contributed by atoms with Crippen molar-refractivity contribution in [3.05, 3.63) is 65.7 Å². The van der Waals surface area contributed by atoms with Crippen LogP contribution in [0.1, 0.15) is 17.5 Å². The minimum absolute atomic E-state index is 0.0693. The number of para-hydroxylation sites is 1. The summed E-state index contributed by atoms with van der Waals surface area (Å²) >= 11 is 0. The van der Waals surface area contributed by atoms with Crippen LogP contribution in [0.5, 0.6) is 0 Å². The van der Waals surface area contributed by atoms with E-state index in [4.69, 9.17) is 0 Å². The SMILES string of the molecule is CN(C(=O)CNc1ccccc1Cc1ccccc1)C1CCS(=O)(=O)C1. The number of anilines is 1. The van der Waals surface area contributed by atoms with Crippen molar-refractivity contribution in [3.63, 3.8) is 0 Å². The van der Waals surface area contributed by atoms with Crippen LogP contribution in [0.15, 0.2) is 54.6 Å². The number of carbonyl (C=O) groups excluding carboxylic acids is 1. The van der Waals surface area contributed by atoms with E-state index in [1.165, 1.54) is 5.56 Å². The molecular formula is C20H24N2O3S. The van der Waals surface area contributed by atoms with Gasteiger partial charge in [0.1, 0.15) is 0 Å². The molecule has 0 aromatic heterocycles. The van der Waals surface area contributed by atoms with Gasteiger partial charge in [-0.05, 0) is 30.0 Å². The van der Waals surface area contributed by atoms with Crippen molar-refractivity contribution < 1.29 is 13.2 Å². The summed E-state index contributed by atoms with van der Waals surface area (Å²) in [5.74, 6) is 0.143. The van der Waals surface area contributed by atoms with Crippen molar-refractivity contribution in [2.75, 3.05) is 30.4 Å². The van der Waals surface area contributed by atoms with Gasteiger partial charge in [0, 0.05) is 18.8 Å². The molecule has 6 heteroatoms. The minimum atomic E-state index is -3.00. The summed E-state index contributed by atoms with van der Waals surface area (Å²) in [6, 6.07) is 17.9. The fraction of sp³-hybridized carbons (Fsp3) is 0.350. The summed E-state index contributed by atoms with van der Waals surface area (Å²) < 4.78 is 23.2. The van der Waals surface area contributed by atoms with Crippen LogP contribution in [0.4, 0.5) is 5.69 Å². The van der Waals surface area contributed by atoms with Crippen molar-refractivity contribution in [2.24, 2.45) is 0 Å². The highest BCUT2D eigenvalue weighted by Crippen LogP contribution is 2.20. The average molecular weight is 372 g/mol. The van der Waals surface area contributed by atoms with Gasteiger partial charge in [0.15, 0.2) is 9.84 Å². The summed E-state index contributed by atoms with van der Waals surface area (Å²) in [4.78, 5) is 14.0. The predicted molar refractivity (Wildman–Crippen MR) is 104 cm³/mol. The van der Waals surface area contributed by atoms with E-state index in [0.29, 0.717) is 6.42 Å². The van der Waals surface area contributed by atoms with E-state index in [2.05, 4.69) is 17.4 Å². The maximum atomic E-state index is 12.5. The van der Waals surface area contributed by atoms with Crippen LogP contribution in [0, 0.1) is 0 Å². The second-order valence-electron chi connectivity index (χ2n) is 6.73. The molecule has 1 heterocycles. The number of nitrogens with one attached hydrogen (secondary N) is 1. The molecule has 1 unspecified atom stereocenters. The van der Waals surface area contributed by atoms with Crippen molar-refractivity contribution in [2.45, 2.75) is 18.9 Å². The molecule has 0 saturated carbocycles. The molecular weight excluding hydrogens is 348 g/mol. The van der Waals surface area contributed by atoms with E-state index in [-0.39, 0.29) is 30.0 Å². The summed E-state index contributed by atoms with van der Waals surface area (Å²) in [6.45, 7) is 0.152. The third-order valence-electron chi connectivity index (χ3n) is 4.83. The van der Waals surface area contributed by atoms with Crippen LogP contribution in [-0.4, -0.2) is 50.4 Å². The maximum Gasteiger partial charge on any atom is 0.241 e. The average Bonchev–Trinajstić information content (AvgIpc) is 3.01. The van der Waals surface area contributed by atoms with Gasteiger partial charge in [-0.3, -0.25) is 4.79 Å². The molecule has 3 rings (SSSR count). The van der Waals surface area contributed by atoms with E-state index in [1.54, 1.807) is 11.9 Å². The molecule has 0 bridgehead atoms. The van der Waals surface area contributed by atoms with Crippen LogP contribution >= 0.6 is 0 Å². The molecule has 1 amide bonds. The van der Waals surface area contributed by atoms with Crippen molar-refractivity contribution in [3.8, 4) is 0 Å². The third kappa shape index (κ3) is 4.64. The molecule has 1 atom stereocenters. The largest absolute Gasteiger partial charge is 0.376 e. The lowest BCUT2D eigenvalue weighted by Crippen LogP contribution is -2.41. The van der Waals surface area contributed by atoms with Gasteiger partial charge in [-0.2, -0.15) is 0 Å². The van der Waals surface area contributed by atoms with Gasteiger partial charge in [-0.1, -0.05) is 48.5 Å². The Kier molecular flexibility index (Phi) is 5.61. The normalized spacial score (nSPS) is 18.4. The number of rotatable bonds is 6. The van der Waals surface area contributed by atoms with E-state index >= 15 is 0 Å². The summed E-state index contributed by atoms with van der Waals surface area (Å²) in [5.41, 5.74) is 3.26. The first-order valence-electron chi connectivity index (χ1n) is 8.76. The minimum Gasteiger partial charge on any atom is -0.376 e. The summed E-state index contributed by atoms with van der Waals surface area (Å²) in [5, 5.41) is 3.22. The zero-order valence-electron chi connectivity index (χ0n) is 14.9. The molecule has 0 aliphatic carbocycles. The quantitative estimate of drug-likeness (QED) is 0.845. The smallest absolute Gasteiger partial charge is 0.241 e. The Morgan fingerprint density at radius 1 is 1.12 bits per heavy atom. The van der Waals surface area contributed by atoms with Crippen molar-refractivity contribution >= 4 is 21.4 Å². The van der Waals surface area contributed by atoms with Crippen LogP contribution in [-0.2, 0) is 21.1 Å². The van der Waals surface area contributed by atoms with Gasteiger partial charge in [-0.25, -0.2) is 8.42 Å². The molecule has 2 aromatic rings. The fourth-order valence-corrected chi connectivity index (χ4v) is 5.02. The number of amides is 1. The number of likely N-dealkylation sites (N-methyl/N-ethyl adjacent to an activating group) is 1. The van der Waals surface area contributed by atoms with E-state index in [0.717, 1.165) is 17.7 Å². The molecule has 1 aliphatic rings. The Morgan fingerprint density at radius 3 is 2.50 bits per heavy atom. The standard InChI is InChI=1S/C20H24N2O3S/c1-22(18-11-12-26(24,25)15-18)20(23)14-21-19-10-6-5-9-17(19)13-16-7-3-2-4-8-16/h2-10,18,21H,11-15H2,1H3. The molecule has 2 aromatic carbocycles. The molecule has 1 aliphatic heterocycles. The first-order chi connectivity index (χ1) is 12.4. The molecule has 0 spiro atoms. The Morgan fingerprint density at radius 2 is 1.81 bits per heavy atom. The lowest BCUT2D eigenvalue weighted by Gasteiger charge is -2.24. The lowest BCUT2D eigenvalue weighted by atomic mass is 10.0. The Bertz CT molecular complexity index is 866. The topological polar surface area (TPSA) is 66.5 Å². The van der Waals surface area contributed by atoms with Crippen LogP contribution < -0.4 is 5.32 Å². The number of nitrogens with zero attached hydrogens (tertiary/aromatic N) is 1. The highest BCUT2D eigenvalue weighted by atomic mass is 32.2. The molecule has 5 nitrogen and oxygen atoms in total. The number of benzene rings is 2. The van der Waals surface area contributed by atoms with E-state index < -0.39 is 9.84 Å². The van der Waals surface area contributed by atoms with E-state index in [1.807, 2.05) is 42.5 Å². The van der Waals surface area contributed by atoms with Gasteiger partial charge in [0.05, 0.1) is 18.1 Å². The fourth-order valence-electron chi connectivity index (χ4n) is 3.24. The summed E-state index contributed by atoms with van der Waals surface area (Å²) in [6.07, 6.45) is 1.31. The Hall–Kier alpha value is -2.34. The van der Waals surface area contributed by atoms with Gasteiger partial charge in [0.2, 0.25) is 5.91 Å². The predicted octanol–water partition coefficient (Wildman–Crippen LogP) is 2.33. The zero-order valence-corrected chi connectivity index (χ0v) is 15.7. The Labute approximate surface area is 154 Å². The molecule has 138 valence electrons. The molecule has 1 fully saturated rings. The highest BCUT2D eigenvalue weighted by Gasteiger charge is 2.32. The third-order valence-corrected chi connectivity index (χ3v) is 6.58. The molecule has 0 radical (unpaired) electrons. The number of hydrogen-bond donors (Lipinski definition) is 1. The van der Waals surface area contributed by atoms with Gasteiger partial charge < -0.3 is 10.2 Å². The Balaban J connectivity index is 1.62. The molecule has 1 saturated heterocycles. The van der Waals surface area contributed by atoms with Gasteiger partial charge in [-0.15, -0.1) is 0 Å². The second kappa shape index (κ2) is 7.91. The second-order valence-corrected chi connectivity index (χ2v) is 8.96. The maximum absolute atomic E-state index is 12.5. The van der Waals surface area contributed by atoms with Crippen molar-refractivity contribution in [1.82, 2.24) is 4.90 Å². The van der Waals surface area contributed by atoms with E-state index in [9.17, 15) is 13.2 Å². The first kappa shape index (κ1) is 18.5. The van der Waals surface area contributed by atoms with Crippen LogP contribution in [0.3, 0.4) is 0 Å². The number of carbonyl (C=O) groups is 1. The first-order valence-corrected chi connectivity index (χ1v) is 10.6. The monoisotopic (exact) mass is 372 g/mol. The van der Waals surface area contributed by atoms with Crippen LogP contribution in [0.2, 0.25) is 0 Å². The number of sulfone groups is 1. The molecule has 26 heavy (non-hydrogen) atoms.